The number of nitrogens with zero attached hydrogens (tertiary/aromatic N) is 4. The van der Waals surface area contributed by atoms with Crippen molar-refractivity contribution in [3.05, 3.63) is 63.8 Å². The van der Waals surface area contributed by atoms with Gasteiger partial charge in [-0.2, -0.15) is 0 Å². The van der Waals surface area contributed by atoms with Crippen LogP contribution in [-0.4, -0.2) is 68.2 Å². The van der Waals surface area contributed by atoms with Crippen molar-refractivity contribution >= 4 is 63.9 Å². The van der Waals surface area contributed by atoms with E-state index in [1.807, 2.05) is 13.1 Å². The number of halogens is 2. The van der Waals surface area contributed by atoms with Gasteiger partial charge < -0.3 is 25.6 Å². The minimum atomic E-state index is -0.233. The van der Waals surface area contributed by atoms with Gasteiger partial charge in [-0.25, -0.2) is 9.97 Å². The quantitative estimate of drug-likeness (QED) is 0.339. The van der Waals surface area contributed by atoms with E-state index in [2.05, 4.69) is 43.0 Å². The number of ether oxygens (including phenoxy) is 1. The molecular formula is C26H29Cl2N7O2S. The number of carbonyl (C=O) groups excluding carboxylic acids is 1. The normalized spacial score (nSPS) is 17.5. The minimum Gasteiger partial charge on any atom is -0.383 e. The highest BCUT2D eigenvalue weighted by molar-refractivity contribution is 7.99. The summed E-state index contributed by atoms with van der Waals surface area (Å²) in [5, 5.41) is 11.5. The zero-order valence-electron chi connectivity index (χ0n) is 21.1. The molecule has 3 N–H and O–H groups in total. The summed E-state index contributed by atoms with van der Waals surface area (Å²) in [6, 6.07) is 11.8. The lowest BCUT2D eigenvalue weighted by atomic mass is 10.1. The molecule has 5 rings (SSSR count). The molecule has 0 aliphatic carbocycles. The van der Waals surface area contributed by atoms with Crippen LogP contribution in [0.2, 0.25) is 10.0 Å². The van der Waals surface area contributed by atoms with E-state index < -0.39 is 0 Å². The van der Waals surface area contributed by atoms with Gasteiger partial charge in [0.25, 0.3) is 5.91 Å². The van der Waals surface area contributed by atoms with Gasteiger partial charge in [-0.15, -0.1) is 0 Å². The Kier molecular flexibility index (Phi) is 8.57. The molecule has 38 heavy (non-hydrogen) atoms. The summed E-state index contributed by atoms with van der Waals surface area (Å²) in [5.74, 6) is 0.546. The van der Waals surface area contributed by atoms with Crippen molar-refractivity contribution in [1.29, 1.82) is 0 Å². The lowest BCUT2D eigenvalue weighted by molar-refractivity contribution is 0.0985. The third kappa shape index (κ3) is 5.70. The fourth-order valence-corrected chi connectivity index (χ4v) is 6.26. The van der Waals surface area contributed by atoms with E-state index in [1.165, 1.54) is 23.0 Å². The number of thioether (sulfide) groups is 1. The number of methoxy groups -OCH3 is 1. The van der Waals surface area contributed by atoms with Gasteiger partial charge >= 0.3 is 0 Å². The Morgan fingerprint density at radius 2 is 2.05 bits per heavy atom. The number of amides is 1. The lowest BCUT2D eigenvalue weighted by Gasteiger charge is -2.36. The first-order valence-electron chi connectivity index (χ1n) is 12.3. The summed E-state index contributed by atoms with van der Waals surface area (Å²) >= 11 is 14.1. The number of fused-ring (bicyclic) bond motifs is 1. The topological polar surface area (TPSA) is 94.7 Å². The van der Waals surface area contributed by atoms with Crippen molar-refractivity contribution in [2.45, 2.75) is 17.6 Å². The summed E-state index contributed by atoms with van der Waals surface area (Å²) in [4.78, 5) is 26.2. The zero-order chi connectivity index (χ0) is 26.6. The Morgan fingerprint density at radius 1 is 1.24 bits per heavy atom. The van der Waals surface area contributed by atoms with Crippen LogP contribution in [-0.2, 0) is 11.3 Å². The van der Waals surface area contributed by atoms with Gasteiger partial charge in [-0.1, -0.05) is 41.0 Å². The van der Waals surface area contributed by atoms with Crippen LogP contribution in [0.5, 0.6) is 0 Å². The molecule has 200 valence electrons. The van der Waals surface area contributed by atoms with E-state index in [0.29, 0.717) is 50.8 Å². The van der Waals surface area contributed by atoms with Crippen LogP contribution in [0.1, 0.15) is 15.9 Å². The molecule has 0 saturated carbocycles. The van der Waals surface area contributed by atoms with Crippen molar-refractivity contribution in [2.24, 2.45) is 0 Å². The number of hydrogen-bond donors (Lipinski definition) is 3. The van der Waals surface area contributed by atoms with Crippen molar-refractivity contribution in [3.8, 4) is 0 Å². The van der Waals surface area contributed by atoms with Crippen LogP contribution in [0.3, 0.4) is 0 Å². The third-order valence-corrected chi connectivity index (χ3v) is 8.02. The monoisotopic (exact) mass is 573 g/mol. The number of carbonyl (C=O) groups is 1. The van der Waals surface area contributed by atoms with Gasteiger partial charge in [-0.05, 0) is 42.9 Å². The van der Waals surface area contributed by atoms with Crippen molar-refractivity contribution in [1.82, 2.24) is 20.6 Å². The summed E-state index contributed by atoms with van der Waals surface area (Å²) in [7, 11) is 3.67. The summed E-state index contributed by atoms with van der Waals surface area (Å²) < 4.78 is 5.35. The summed E-state index contributed by atoms with van der Waals surface area (Å²) in [6.07, 6.45) is 1.55. The second-order valence-electron chi connectivity index (χ2n) is 9.04. The van der Waals surface area contributed by atoms with E-state index in [1.54, 1.807) is 36.4 Å². The Labute approximate surface area is 236 Å². The van der Waals surface area contributed by atoms with E-state index in [4.69, 9.17) is 27.9 Å². The number of piperazine rings is 1. The van der Waals surface area contributed by atoms with Gasteiger partial charge in [0.1, 0.15) is 5.03 Å². The molecule has 1 aromatic heterocycles. The first-order valence-corrected chi connectivity index (χ1v) is 14.0. The number of rotatable bonds is 8. The van der Waals surface area contributed by atoms with Crippen LogP contribution in [0.25, 0.3) is 0 Å². The maximum Gasteiger partial charge on any atom is 0.263 e. The van der Waals surface area contributed by atoms with Crippen LogP contribution in [0.15, 0.2) is 47.6 Å². The molecule has 0 bridgehead atoms. The molecule has 0 spiro atoms. The second-order valence-corrected chi connectivity index (χ2v) is 10.8. The first kappa shape index (κ1) is 27.0. The fraction of sp³-hybridized carbons (Fsp3) is 0.346. The number of anilines is 4. The molecular weight excluding hydrogens is 545 g/mol. The maximum atomic E-state index is 13.2. The number of nitrogens with one attached hydrogen (secondary N) is 3. The fourth-order valence-electron chi connectivity index (χ4n) is 4.72. The van der Waals surface area contributed by atoms with E-state index >= 15 is 0 Å². The third-order valence-electron chi connectivity index (χ3n) is 6.43. The molecule has 1 amide bonds. The SMILES string of the molecule is CNCc1cc(Nc2ncc3c(n2)SCN(c2c(Cl)cccc2Cl)C3=O)ccc1N1CCNC(COC)C1. The van der Waals surface area contributed by atoms with Crippen LogP contribution >= 0.6 is 35.0 Å². The van der Waals surface area contributed by atoms with E-state index in [9.17, 15) is 4.79 Å². The smallest absolute Gasteiger partial charge is 0.263 e. The molecule has 1 atom stereocenters. The maximum absolute atomic E-state index is 13.2. The van der Waals surface area contributed by atoms with Crippen LogP contribution in [0, 0.1) is 0 Å². The number of para-hydroxylation sites is 1. The lowest BCUT2D eigenvalue weighted by Crippen LogP contribution is -2.52. The second kappa shape index (κ2) is 12.1. The van der Waals surface area contributed by atoms with Crippen LogP contribution < -0.4 is 25.8 Å². The van der Waals surface area contributed by atoms with Gasteiger partial charge in [0.15, 0.2) is 0 Å². The molecule has 2 aliphatic heterocycles. The van der Waals surface area contributed by atoms with E-state index in [0.717, 1.165) is 31.9 Å². The van der Waals surface area contributed by atoms with Crippen molar-refractivity contribution in [2.75, 3.05) is 61.4 Å². The molecule has 3 aromatic rings. The number of hydrogen-bond acceptors (Lipinski definition) is 9. The highest BCUT2D eigenvalue weighted by atomic mass is 35.5. The Morgan fingerprint density at radius 3 is 2.82 bits per heavy atom. The Hall–Kier alpha value is -2.60. The summed E-state index contributed by atoms with van der Waals surface area (Å²) in [6.45, 7) is 4.12. The zero-order valence-corrected chi connectivity index (χ0v) is 23.5. The number of aromatic nitrogens is 2. The highest BCUT2D eigenvalue weighted by Crippen LogP contribution is 2.39. The molecule has 1 unspecified atom stereocenters. The van der Waals surface area contributed by atoms with Crippen molar-refractivity contribution < 1.29 is 9.53 Å². The molecule has 2 aliphatic rings. The molecule has 12 heteroatoms. The van der Waals surface area contributed by atoms with Crippen molar-refractivity contribution in [3.63, 3.8) is 0 Å². The predicted molar refractivity (Wildman–Crippen MR) is 154 cm³/mol. The highest BCUT2D eigenvalue weighted by Gasteiger charge is 2.30. The molecule has 3 heterocycles. The van der Waals surface area contributed by atoms with Gasteiger partial charge in [0.05, 0.1) is 33.8 Å². The predicted octanol–water partition coefficient (Wildman–Crippen LogP) is 4.38. The molecule has 2 aromatic carbocycles. The Balaban J connectivity index is 1.34. The van der Waals surface area contributed by atoms with Gasteiger partial charge in [-0.3, -0.25) is 9.69 Å². The molecule has 9 nitrogen and oxygen atoms in total. The largest absolute Gasteiger partial charge is 0.383 e. The van der Waals surface area contributed by atoms with Gasteiger partial charge in [0.2, 0.25) is 5.95 Å². The minimum absolute atomic E-state index is 0.233. The van der Waals surface area contributed by atoms with Gasteiger partial charge in [0, 0.05) is 56.9 Å². The van der Waals surface area contributed by atoms with Crippen LogP contribution in [0.4, 0.5) is 23.0 Å². The molecule has 1 fully saturated rings. The first-order chi connectivity index (χ1) is 18.5. The molecule has 0 radical (unpaired) electrons. The average Bonchev–Trinajstić information content (AvgIpc) is 2.90. The summed E-state index contributed by atoms with van der Waals surface area (Å²) in [5.41, 5.74) is 4.15. The standard InChI is InChI=1S/C26H29Cl2N7O2S/c1-29-11-16-10-17(6-7-22(16)34-9-8-30-18(13-34)14-37-2)32-26-31-12-19-24(33-26)38-15-35(25(19)36)23-20(27)4-3-5-21(23)28/h3-7,10,12,18,29-30H,8-9,11,13-15H2,1-2H3,(H,31,32,33). The molecule has 1 saturated heterocycles. The average molecular weight is 575 g/mol. The van der Waals surface area contributed by atoms with E-state index in [-0.39, 0.29) is 5.91 Å². The Bertz CT molecular complexity index is 1310. The number of benzene rings is 2.